The van der Waals surface area contributed by atoms with Gasteiger partial charge < -0.3 is 15.5 Å². The summed E-state index contributed by atoms with van der Waals surface area (Å²) < 4.78 is 0. The highest BCUT2D eigenvalue weighted by molar-refractivity contribution is 5.99. The Hall–Kier alpha value is -2.96. The number of benzene rings is 1. The predicted molar refractivity (Wildman–Crippen MR) is 102 cm³/mol. The molecule has 2 aliphatic rings. The lowest BCUT2D eigenvalue weighted by atomic mass is 10.0. The SMILES string of the molecule is CN1CCN(C(=O)c2cccc(-c3cnc(N)nc3)c2)C(CC2CC2)C1=O. The van der Waals surface area contributed by atoms with Gasteiger partial charge in [-0.1, -0.05) is 25.0 Å². The number of nitrogen functional groups attached to an aromatic ring is 1. The summed E-state index contributed by atoms with van der Waals surface area (Å²) in [6, 6.07) is 7.01. The van der Waals surface area contributed by atoms with Gasteiger partial charge >= 0.3 is 0 Å². The monoisotopic (exact) mass is 365 g/mol. The summed E-state index contributed by atoms with van der Waals surface area (Å²) in [5.74, 6) is 0.730. The second kappa shape index (κ2) is 6.98. The summed E-state index contributed by atoms with van der Waals surface area (Å²) in [4.78, 5) is 37.4. The quantitative estimate of drug-likeness (QED) is 0.892. The normalized spacial score (nSPS) is 20.0. The zero-order chi connectivity index (χ0) is 19.0. The maximum atomic E-state index is 13.2. The van der Waals surface area contributed by atoms with Gasteiger partial charge in [-0.25, -0.2) is 9.97 Å². The molecule has 7 heteroatoms. The Morgan fingerprint density at radius 1 is 1.19 bits per heavy atom. The van der Waals surface area contributed by atoms with Crippen LogP contribution in [0.3, 0.4) is 0 Å². The van der Waals surface area contributed by atoms with E-state index >= 15 is 0 Å². The van der Waals surface area contributed by atoms with Gasteiger partial charge in [0, 0.05) is 43.7 Å². The third-order valence-electron chi connectivity index (χ3n) is 5.34. The minimum Gasteiger partial charge on any atom is -0.368 e. The van der Waals surface area contributed by atoms with Crippen molar-refractivity contribution in [3.05, 3.63) is 42.2 Å². The van der Waals surface area contributed by atoms with Crippen molar-refractivity contribution in [2.45, 2.75) is 25.3 Å². The molecular formula is C20H23N5O2. The average Bonchev–Trinajstić information content (AvgIpc) is 3.50. The molecule has 1 aliphatic heterocycles. The van der Waals surface area contributed by atoms with Gasteiger partial charge in [0.15, 0.2) is 0 Å². The molecule has 1 unspecified atom stereocenters. The van der Waals surface area contributed by atoms with Crippen molar-refractivity contribution < 1.29 is 9.59 Å². The molecule has 0 radical (unpaired) electrons. The van der Waals surface area contributed by atoms with E-state index in [1.54, 1.807) is 28.3 Å². The van der Waals surface area contributed by atoms with Gasteiger partial charge in [0.25, 0.3) is 5.91 Å². The first-order chi connectivity index (χ1) is 13.0. The number of anilines is 1. The van der Waals surface area contributed by atoms with Crippen LogP contribution in [0, 0.1) is 5.92 Å². The summed E-state index contributed by atoms with van der Waals surface area (Å²) in [5.41, 5.74) is 7.76. The first kappa shape index (κ1) is 17.5. The molecule has 2 amide bonds. The molecule has 7 nitrogen and oxygen atoms in total. The van der Waals surface area contributed by atoms with E-state index in [4.69, 9.17) is 5.73 Å². The standard InChI is InChI=1S/C20H23N5O2/c1-24-7-8-25(17(19(24)27)9-13-5-6-13)18(26)15-4-2-3-14(10-15)16-11-22-20(21)23-12-16/h2-4,10-13,17H,5-9H2,1H3,(H2,21,22,23). The number of aromatic nitrogens is 2. The second-order valence-corrected chi connectivity index (χ2v) is 7.36. The van der Waals surface area contributed by atoms with Crippen molar-refractivity contribution in [2.75, 3.05) is 25.9 Å². The van der Waals surface area contributed by atoms with E-state index < -0.39 is 0 Å². The van der Waals surface area contributed by atoms with Crippen molar-refractivity contribution in [1.82, 2.24) is 19.8 Å². The average molecular weight is 365 g/mol. The maximum absolute atomic E-state index is 13.2. The molecule has 2 fully saturated rings. The van der Waals surface area contributed by atoms with Crippen molar-refractivity contribution in [2.24, 2.45) is 5.92 Å². The molecule has 27 heavy (non-hydrogen) atoms. The maximum Gasteiger partial charge on any atom is 0.254 e. The number of hydrogen-bond acceptors (Lipinski definition) is 5. The van der Waals surface area contributed by atoms with Crippen LogP contribution in [0.1, 0.15) is 29.6 Å². The number of nitrogens with two attached hydrogens (primary N) is 1. The summed E-state index contributed by atoms with van der Waals surface area (Å²) in [6.45, 7) is 1.13. The molecule has 2 heterocycles. The number of rotatable bonds is 4. The van der Waals surface area contributed by atoms with Gasteiger partial charge in [0.05, 0.1) is 0 Å². The minimum atomic E-state index is -0.354. The minimum absolute atomic E-state index is 0.0459. The summed E-state index contributed by atoms with van der Waals surface area (Å²) in [7, 11) is 1.81. The highest BCUT2D eigenvalue weighted by Crippen LogP contribution is 2.36. The van der Waals surface area contributed by atoms with E-state index in [0.29, 0.717) is 24.6 Å². The van der Waals surface area contributed by atoms with E-state index in [1.165, 1.54) is 0 Å². The smallest absolute Gasteiger partial charge is 0.254 e. The number of amides is 2. The van der Waals surface area contributed by atoms with Crippen LogP contribution in [-0.4, -0.2) is 57.8 Å². The highest BCUT2D eigenvalue weighted by Gasteiger charge is 2.39. The zero-order valence-electron chi connectivity index (χ0n) is 15.3. The van der Waals surface area contributed by atoms with Gasteiger partial charge in [-0.05, 0) is 30.0 Å². The molecule has 2 aromatic rings. The van der Waals surface area contributed by atoms with Crippen LogP contribution in [0.5, 0.6) is 0 Å². The molecule has 4 rings (SSSR count). The lowest BCUT2D eigenvalue weighted by Crippen LogP contribution is -2.57. The largest absolute Gasteiger partial charge is 0.368 e. The van der Waals surface area contributed by atoms with Crippen LogP contribution < -0.4 is 5.73 Å². The van der Waals surface area contributed by atoms with Gasteiger partial charge in [0.2, 0.25) is 11.9 Å². The number of piperazine rings is 1. The van der Waals surface area contributed by atoms with Crippen molar-refractivity contribution in [1.29, 1.82) is 0 Å². The van der Waals surface area contributed by atoms with Crippen LogP contribution in [0.25, 0.3) is 11.1 Å². The molecule has 2 N–H and O–H groups in total. The fraction of sp³-hybridized carbons (Fsp3) is 0.400. The molecule has 1 aliphatic carbocycles. The van der Waals surface area contributed by atoms with Crippen LogP contribution in [-0.2, 0) is 4.79 Å². The molecular weight excluding hydrogens is 342 g/mol. The third kappa shape index (κ3) is 3.63. The third-order valence-corrected chi connectivity index (χ3v) is 5.34. The van der Waals surface area contributed by atoms with E-state index in [-0.39, 0.29) is 23.8 Å². The van der Waals surface area contributed by atoms with Crippen LogP contribution in [0.2, 0.25) is 0 Å². The summed E-state index contributed by atoms with van der Waals surface area (Å²) >= 11 is 0. The molecule has 0 bridgehead atoms. The molecule has 1 aromatic carbocycles. The second-order valence-electron chi connectivity index (χ2n) is 7.36. The summed E-state index contributed by atoms with van der Waals surface area (Å²) in [6.07, 6.45) is 6.35. The number of hydrogen-bond donors (Lipinski definition) is 1. The van der Waals surface area contributed by atoms with Crippen LogP contribution in [0.4, 0.5) is 5.95 Å². The molecule has 1 saturated carbocycles. The van der Waals surface area contributed by atoms with Crippen molar-refractivity contribution >= 4 is 17.8 Å². The van der Waals surface area contributed by atoms with Crippen LogP contribution in [0.15, 0.2) is 36.7 Å². The predicted octanol–water partition coefficient (Wildman–Crippen LogP) is 1.81. The molecule has 1 aromatic heterocycles. The van der Waals surface area contributed by atoms with Crippen LogP contribution >= 0.6 is 0 Å². The Kier molecular flexibility index (Phi) is 4.51. The van der Waals surface area contributed by atoms with Crippen molar-refractivity contribution in [3.63, 3.8) is 0 Å². The fourth-order valence-electron chi connectivity index (χ4n) is 3.54. The topological polar surface area (TPSA) is 92.4 Å². The van der Waals surface area contributed by atoms with E-state index in [1.807, 2.05) is 25.2 Å². The molecule has 1 atom stereocenters. The lowest BCUT2D eigenvalue weighted by Gasteiger charge is -2.39. The Morgan fingerprint density at radius 3 is 2.63 bits per heavy atom. The van der Waals surface area contributed by atoms with E-state index in [0.717, 1.165) is 30.4 Å². The fourth-order valence-corrected chi connectivity index (χ4v) is 3.54. The highest BCUT2D eigenvalue weighted by atomic mass is 16.2. The number of nitrogens with zero attached hydrogens (tertiary/aromatic N) is 4. The van der Waals surface area contributed by atoms with E-state index in [9.17, 15) is 9.59 Å². The zero-order valence-corrected chi connectivity index (χ0v) is 15.3. The van der Waals surface area contributed by atoms with E-state index in [2.05, 4.69) is 9.97 Å². The van der Waals surface area contributed by atoms with Gasteiger partial charge in [0.1, 0.15) is 6.04 Å². The first-order valence-electron chi connectivity index (χ1n) is 9.27. The van der Waals surface area contributed by atoms with Gasteiger partial charge in [-0.15, -0.1) is 0 Å². The number of carbonyl (C=O) groups is 2. The van der Waals surface area contributed by atoms with Crippen molar-refractivity contribution in [3.8, 4) is 11.1 Å². The Balaban J connectivity index is 1.60. The lowest BCUT2D eigenvalue weighted by molar-refractivity contribution is -0.139. The Bertz CT molecular complexity index is 863. The van der Waals surface area contributed by atoms with Gasteiger partial charge in [-0.2, -0.15) is 0 Å². The molecule has 1 saturated heterocycles. The molecule has 140 valence electrons. The van der Waals surface area contributed by atoms with Gasteiger partial charge in [-0.3, -0.25) is 9.59 Å². The Labute approximate surface area is 158 Å². The molecule has 0 spiro atoms. The number of likely N-dealkylation sites (N-methyl/N-ethyl adjacent to an activating group) is 1. The Morgan fingerprint density at radius 2 is 1.93 bits per heavy atom. The first-order valence-corrected chi connectivity index (χ1v) is 9.27. The summed E-state index contributed by atoms with van der Waals surface area (Å²) in [5, 5.41) is 0. The number of carbonyl (C=O) groups excluding carboxylic acids is 2.